The number of thioether (sulfide) groups is 1. The van der Waals surface area contributed by atoms with Crippen molar-refractivity contribution in [1.29, 1.82) is 0 Å². The van der Waals surface area contributed by atoms with Crippen LogP contribution in [-0.2, 0) is 44.9 Å². The number of aryl methyl sites for hydroxylation is 2. The molecule has 6 N–H and O–H groups in total. The molecule has 2 aromatic carbocycles. The molecule has 2 aliphatic rings. The molecule has 388 valence electrons. The maximum Gasteiger partial charge on any atom is 0.274 e. The Kier molecular flexibility index (Phi) is 25.2. The van der Waals surface area contributed by atoms with E-state index in [1.807, 2.05) is 85.1 Å². The molecule has 4 aromatic rings. The van der Waals surface area contributed by atoms with Gasteiger partial charge in [0.2, 0.25) is 24.6 Å². The van der Waals surface area contributed by atoms with E-state index < -0.39 is 5.91 Å². The standard InChI is InChI=1S/C47H59N9O8S.3C2H6/c1-29(11-14-42(60)55(3)28-58)56-25-37-31(9-7-10-33(37)46(56)63)8-5-6-16-50-44(61)34-21-39(52-23-30-12-13-30)35(20-32(34)26-65-4)38-24-54(2)47(64)43-36(38)22-40(53-43)45(62)51-19-18-49-41(59)15-17-48-27-57;3*1-2/h7,9-10,20-22,24,27-30,52-53H,5-6,8,11-19,23,25-26H2,1-4H3,(H,48,57)(H,49,59)(H,50,61)(H,51,62);3*1-2H3. The number of hydrogen-bond donors (Lipinski definition) is 6. The van der Waals surface area contributed by atoms with Crippen molar-refractivity contribution in [2.45, 2.75) is 118 Å². The number of carbonyl (C=O) groups is 7. The Bertz CT molecular complexity index is 2500. The van der Waals surface area contributed by atoms with E-state index >= 15 is 0 Å². The minimum atomic E-state index is -0.444. The van der Waals surface area contributed by atoms with Crippen LogP contribution in [0, 0.1) is 5.92 Å². The Morgan fingerprint density at radius 1 is 0.859 bits per heavy atom. The zero-order chi connectivity index (χ0) is 52.6. The van der Waals surface area contributed by atoms with Crippen molar-refractivity contribution in [3.05, 3.63) is 86.5 Å². The van der Waals surface area contributed by atoms with Crippen LogP contribution >= 0.6 is 11.8 Å². The molecule has 3 heterocycles. The lowest BCUT2D eigenvalue weighted by atomic mass is 9.95. The van der Waals surface area contributed by atoms with Gasteiger partial charge in [-0.1, -0.05) is 53.7 Å². The molecule has 17 nitrogen and oxygen atoms in total. The monoisotopic (exact) mass is 1000 g/mol. The molecule has 0 bridgehead atoms. The first kappa shape index (κ1) is 58.9. The van der Waals surface area contributed by atoms with Crippen LogP contribution in [-0.4, -0.2) is 114 Å². The van der Waals surface area contributed by atoms with Gasteiger partial charge in [0.25, 0.3) is 23.3 Å². The average molecular weight is 1000 g/mol. The highest BCUT2D eigenvalue weighted by Gasteiger charge is 2.32. The molecular formula is C53H77N9O8S. The van der Waals surface area contributed by atoms with Crippen LogP contribution in [0.3, 0.4) is 0 Å². The molecule has 18 heteroatoms. The van der Waals surface area contributed by atoms with Gasteiger partial charge in [0.05, 0.1) is 0 Å². The van der Waals surface area contributed by atoms with Gasteiger partial charge in [-0.3, -0.25) is 43.3 Å². The van der Waals surface area contributed by atoms with Crippen LogP contribution < -0.4 is 32.1 Å². The zero-order valence-corrected chi connectivity index (χ0v) is 44.3. The second kappa shape index (κ2) is 30.3. The fourth-order valence-electron chi connectivity index (χ4n) is 8.02. The van der Waals surface area contributed by atoms with Crippen LogP contribution in [0.15, 0.2) is 47.4 Å². The van der Waals surface area contributed by atoms with Crippen molar-refractivity contribution in [2.24, 2.45) is 13.0 Å². The molecule has 2 aromatic heterocycles. The van der Waals surface area contributed by atoms with E-state index in [9.17, 15) is 38.4 Å². The molecule has 0 spiro atoms. The predicted octanol–water partition coefficient (Wildman–Crippen LogP) is 6.77. The number of nitrogens with zero attached hydrogens (tertiary/aromatic N) is 3. The summed E-state index contributed by atoms with van der Waals surface area (Å²) in [7, 11) is 3.09. The molecule has 6 rings (SSSR count). The first-order chi connectivity index (χ1) is 34.3. The number of hydrogen-bond acceptors (Lipinski definition) is 10. The Morgan fingerprint density at radius 3 is 2.24 bits per heavy atom. The minimum absolute atomic E-state index is 0.0592. The summed E-state index contributed by atoms with van der Waals surface area (Å²) < 4.78 is 1.48. The van der Waals surface area contributed by atoms with E-state index in [1.165, 1.54) is 11.6 Å². The third kappa shape index (κ3) is 16.3. The lowest BCUT2D eigenvalue weighted by Gasteiger charge is -2.24. The molecule has 1 aliphatic heterocycles. The lowest BCUT2D eigenvalue weighted by molar-refractivity contribution is -0.136. The summed E-state index contributed by atoms with van der Waals surface area (Å²) in [5.41, 5.74) is 6.53. The molecule has 1 aliphatic carbocycles. The summed E-state index contributed by atoms with van der Waals surface area (Å²) in [6, 6.07) is 11.2. The predicted molar refractivity (Wildman–Crippen MR) is 285 cm³/mol. The highest BCUT2D eigenvalue weighted by atomic mass is 32.2. The number of benzene rings is 2. The highest BCUT2D eigenvalue weighted by Crippen LogP contribution is 2.38. The number of imide groups is 1. The number of H-pyrrole nitrogens is 1. The molecular weight excluding hydrogens is 923 g/mol. The molecule has 7 amide bonds. The summed E-state index contributed by atoms with van der Waals surface area (Å²) in [5, 5.41) is 15.2. The number of unbranched alkanes of at least 4 members (excludes halogenated alkanes) is 1. The fourth-order valence-corrected chi connectivity index (χ4v) is 8.57. The normalized spacial score (nSPS) is 12.6. The van der Waals surface area contributed by atoms with Gasteiger partial charge in [0.15, 0.2) is 0 Å². The quantitative estimate of drug-likeness (QED) is 0.0302. The van der Waals surface area contributed by atoms with E-state index in [1.54, 1.807) is 36.0 Å². The van der Waals surface area contributed by atoms with E-state index in [4.69, 9.17) is 0 Å². The van der Waals surface area contributed by atoms with Crippen molar-refractivity contribution in [3.8, 4) is 11.1 Å². The maximum atomic E-state index is 14.0. The van der Waals surface area contributed by atoms with E-state index in [0.717, 1.165) is 65.1 Å². The van der Waals surface area contributed by atoms with E-state index in [0.29, 0.717) is 72.5 Å². The summed E-state index contributed by atoms with van der Waals surface area (Å²) in [4.78, 5) is 105. The third-order valence-electron chi connectivity index (χ3n) is 12.0. The zero-order valence-electron chi connectivity index (χ0n) is 43.5. The van der Waals surface area contributed by atoms with Gasteiger partial charge in [-0.05, 0) is 98.6 Å². The van der Waals surface area contributed by atoms with Crippen LogP contribution in [0.1, 0.15) is 141 Å². The number of nitrogens with one attached hydrogen (secondary N) is 6. The lowest BCUT2D eigenvalue weighted by Crippen LogP contribution is -2.35. The Labute approximate surface area is 423 Å². The van der Waals surface area contributed by atoms with Gasteiger partial charge in [0, 0.05) is 118 Å². The van der Waals surface area contributed by atoms with E-state index in [-0.39, 0.29) is 78.9 Å². The number of rotatable bonds is 25. The number of amides is 7. The number of fused-ring (bicyclic) bond motifs is 2. The minimum Gasteiger partial charge on any atom is -0.384 e. The van der Waals surface area contributed by atoms with Gasteiger partial charge in [0.1, 0.15) is 11.2 Å². The molecule has 1 unspecified atom stereocenters. The summed E-state index contributed by atoms with van der Waals surface area (Å²) in [6.45, 7) is 16.1. The molecule has 0 radical (unpaired) electrons. The highest BCUT2D eigenvalue weighted by molar-refractivity contribution is 7.97. The Balaban J connectivity index is 0.00000214. The first-order valence-corrected chi connectivity index (χ1v) is 26.5. The van der Waals surface area contributed by atoms with Gasteiger partial charge < -0.3 is 41.0 Å². The van der Waals surface area contributed by atoms with E-state index in [2.05, 4.69) is 31.6 Å². The largest absolute Gasteiger partial charge is 0.384 e. The fraction of sp³-hybridized carbons (Fsp3) is 0.509. The van der Waals surface area contributed by atoms with Gasteiger partial charge in [-0.2, -0.15) is 11.8 Å². The van der Waals surface area contributed by atoms with Crippen molar-refractivity contribution in [2.75, 3.05) is 51.3 Å². The summed E-state index contributed by atoms with van der Waals surface area (Å²) in [6.07, 6.45) is 9.94. The van der Waals surface area contributed by atoms with Gasteiger partial charge in [-0.25, -0.2) is 0 Å². The molecule has 1 atom stereocenters. The number of pyridine rings is 1. The number of anilines is 1. The second-order valence-corrected chi connectivity index (χ2v) is 17.6. The number of aromatic nitrogens is 2. The smallest absolute Gasteiger partial charge is 0.274 e. The van der Waals surface area contributed by atoms with Crippen molar-refractivity contribution < 1.29 is 33.6 Å². The SMILES string of the molecule is CC.CC.CC.CSCc1cc(-c2cn(C)c(=O)c3[nH]c(C(=O)NCCNC(=O)CCNC=O)cc23)c(NCC2CC2)cc1C(=O)NCCCCc1cccc2c1CN(C(C)CCC(=O)N(C)C=O)C2=O. The van der Waals surface area contributed by atoms with Crippen LogP contribution in [0.5, 0.6) is 0 Å². The summed E-state index contributed by atoms with van der Waals surface area (Å²) in [5.74, 6) is -0.168. The molecule has 1 fully saturated rings. The number of carbonyl (C=O) groups excluding carboxylic acids is 7. The van der Waals surface area contributed by atoms with Crippen molar-refractivity contribution >= 4 is 70.7 Å². The second-order valence-electron chi connectivity index (χ2n) is 16.8. The molecule has 0 saturated heterocycles. The van der Waals surface area contributed by atoms with Crippen LogP contribution in [0.2, 0.25) is 0 Å². The van der Waals surface area contributed by atoms with Crippen molar-refractivity contribution in [3.63, 3.8) is 0 Å². The Morgan fingerprint density at radius 2 is 1.56 bits per heavy atom. The summed E-state index contributed by atoms with van der Waals surface area (Å²) >= 11 is 1.59. The molecule has 71 heavy (non-hydrogen) atoms. The van der Waals surface area contributed by atoms with Crippen LogP contribution in [0.4, 0.5) is 5.69 Å². The van der Waals surface area contributed by atoms with Gasteiger partial charge in [-0.15, -0.1) is 0 Å². The topological polar surface area (TPSA) is 224 Å². The van der Waals surface area contributed by atoms with Crippen LogP contribution in [0.25, 0.3) is 22.0 Å². The average Bonchev–Trinajstić information content (AvgIpc) is 4.01. The first-order valence-electron chi connectivity index (χ1n) is 25.1. The maximum absolute atomic E-state index is 14.0. The van der Waals surface area contributed by atoms with Crippen molar-refractivity contribution in [1.82, 2.24) is 40.6 Å². The number of aromatic amines is 1. The van der Waals surface area contributed by atoms with Gasteiger partial charge >= 0.3 is 0 Å². The third-order valence-corrected chi connectivity index (χ3v) is 12.6. The Hall–Kier alpha value is -6.43. The molecule has 1 saturated carbocycles.